The van der Waals surface area contributed by atoms with Crippen molar-refractivity contribution in [1.29, 1.82) is 0 Å². The number of ether oxygens (including phenoxy) is 2. The maximum Gasteiger partial charge on any atom is 0.279 e. The van der Waals surface area contributed by atoms with Crippen LogP contribution in [-0.4, -0.2) is 24.0 Å². The number of carbonyl (C=O) groups excluding carboxylic acids is 2. The molecule has 2 unspecified atom stereocenters. The van der Waals surface area contributed by atoms with E-state index >= 15 is 0 Å². The predicted molar refractivity (Wildman–Crippen MR) is 102 cm³/mol. The molecular formula is C18H18BrClN2O4. The molecule has 0 saturated heterocycles. The number of hydrogen-bond donors (Lipinski definition) is 2. The normalized spacial score (nSPS) is 12.6. The second-order valence-electron chi connectivity index (χ2n) is 5.41. The molecule has 8 heteroatoms. The van der Waals surface area contributed by atoms with Crippen LogP contribution in [0.15, 0.2) is 53.0 Å². The van der Waals surface area contributed by atoms with Gasteiger partial charge in [0.1, 0.15) is 11.5 Å². The molecule has 0 bridgehead atoms. The Labute approximate surface area is 164 Å². The number of amides is 2. The van der Waals surface area contributed by atoms with Crippen molar-refractivity contribution in [2.45, 2.75) is 26.1 Å². The second-order valence-corrected chi connectivity index (χ2v) is 6.77. The minimum absolute atomic E-state index is 0.456. The third-order valence-corrected chi connectivity index (χ3v) is 3.99. The highest BCUT2D eigenvalue weighted by molar-refractivity contribution is 9.10. The topological polar surface area (TPSA) is 76.7 Å². The highest BCUT2D eigenvalue weighted by atomic mass is 79.9. The number of halogens is 2. The van der Waals surface area contributed by atoms with E-state index in [1.807, 2.05) is 6.07 Å². The van der Waals surface area contributed by atoms with Crippen molar-refractivity contribution < 1.29 is 19.1 Å². The van der Waals surface area contributed by atoms with Crippen LogP contribution in [0.4, 0.5) is 0 Å². The molecule has 0 radical (unpaired) electrons. The lowest BCUT2D eigenvalue weighted by molar-refractivity contribution is -0.135. The van der Waals surface area contributed by atoms with Gasteiger partial charge in [-0.1, -0.05) is 39.7 Å². The average Bonchev–Trinajstić information content (AvgIpc) is 2.59. The van der Waals surface area contributed by atoms with E-state index in [1.165, 1.54) is 0 Å². The van der Waals surface area contributed by atoms with Crippen LogP contribution >= 0.6 is 27.5 Å². The maximum absolute atomic E-state index is 12.0. The molecule has 0 saturated carbocycles. The Hall–Kier alpha value is -2.25. The first-order valence-electron chi connectivity index (χ1n) is 7.79. The van der Waals surface area contributed by atoms with E-state index < -0.39 is 24.0 Å². The highest BCUT2D eigenvalue weighted by Gasteiger charge is 2.19. The lowest BCUT2D eigenvalue weighted by Crippen LogP contribution is -2.50. The lowest BCUT2D eigenvalue weighted by Gasteiger charge is -2.18. The number of nitrogens with one attached hydrogen (secondary N) is 2. The van der Waals surface area contributed by atoms with E-state index in [0.717, 1.165) is 4.47 Å². The number of hydrogen-bond acceptors (Lipinski definition) is 4. The van der Waals surface area contributed by atoms with Gasteiger partial charge in [0.05, 0.1) is 0 Å². The fourth-order valence-electron chi connectivity index (χ4n) is 1.92. The van der Waals surface area contributed by atoms with Gasteiger partial charge in [0.15, 0.2) is 12.2 Å². The molecule has 0 aromatic heterocycles. The number of rotatable bonds is 6. The predicted octanol–water partition coefficient (Wildman–Crippen LogP) is 3.48. The molecule has 0 fully saturated rings. The Bertz CT molecular complexity index is 722. The Morgan fingerprint density at radius 3 is 1.92 bits per heavy atom. The molecule has 2 N–H and O–H groups in total. The zero-order valence-corrected chi connectivity index (χ0v) is 16.5. The zero-order valence-electron chi connectivity index (χ0n) is 14.2. The summed E-state index contributed by atoms with van der Waals surface area (Å²) in [5.74, 6) is -0.00916. The lowest BCUT2D eigenvalue weighted by atomic mass is 10.3. The van der Waals surface area contributed by atoms with Gasteiger partial charge in [-0.25, -0.2) is 0 Å². The van der Waals surface area contributed by atoms with Crippen molar-refractivity contribution in [3.63, 3.8) is 0 Å². The smallest absolute Gasteiger partial charge is 0.279 e. The van der Waals surface area contributed by atoms with Gasteiger partial charge in [0.25, 0.3) is 11.8 Å². The summed E-state index contributed by atoms with van der Waals surface area (Å²) in [6.07, 6.45) is -1.62. The SMILES string of the molecule is CC(Oc1cccc(Cl)c1)C(=O)NNC(=O)C(C)Oc1cccc(Br)c1. The molecule has 2 rings (SSSR count). The summed E-state index contributed by atoms with van der Waals surface area (Å²) in [6, 6.07) is 13.8. The first-order valence-corrected chi connectivity index (χ1v) is 8.96. The minimum Gasteiger partial charge on any atom is -0.481 e. The van der Waals surface area contributed by atoms with Gasteiger partial charge in [-0.15, -0.1) is 0 Å². The Balaban J connectivity index is 1.80. The van der Waals surface area contributed by atoms with Gasteiger partial charge in [-0.3, -0.25) is 20.4 Å². The van der Waals surface area contributed by atoms with Crippen molar-refractivity contribution in [2.75, 3.05) is 0 Å². The Kier molecular flexibility index (Phi) is 7.29. The molecule has 0 aliphatic rings. The van der Waals surface area contributed by atoms with Crippen LogP contribution in [0.5, 0.6) is 11.5 Å². The molecule has 6 nitrogen and oxygen atoms in total. The van der Waals surface area contributed by atoms with Crippen molar-refractivity contribution in [1.82, 2.24) is 10.9 Å². The molecule has 0 heterocycles. The molecule has 2 aromatic carbocycles. The van der Waals surface area contributed by atoms with Gasteiger partial charge in [0, 0.05) is 9.50 Å². The molecule has 0 aliphatic carbocycles. The van der Waals surface area contributed by atoms with Crippen LogP contribution in [0, 0.1) is 0 Å². The fraction of sp³-hybridized carbons (Fsp3) is 0.222. The molecule has 2 atom stereocenters. The van der Waals surface area contributed by atoms with E-state index in [0.29, 0.717) is 16.5 Å². The van der Waals surface area contributed by atoms with Crippen molar-refractivity contribution in [3.05, 3.63) is 58.0 Å². The van der Waals surface area contributed by atoms with Crippen molar-refractivity contribution >= 4 is 39.3 Å². The summed E-state index contributed by atoms with van der Waals surface area (Å²) < 4.78 is 11.8. The van der Waals surface area contributed by atoms with Gasteiger partial charge < -0.3 is 9.47 Å². The quantitative estimate of drug-likeness (QED) is 0.673. The summed E-state index contributed by atoms with van der Waals surface area (Å²) in [4.78, 5) is 24.1. The summed E-state index contributed by atoms with van der Waals surface area (Å²) in [7, 11) is 0. The summed E-state index contributed by atoms with van der Waals surface area (Å²) in [6.45, 7) is 3.14. The molecular weight excluding hydrogens is 424 g/mol. The molecule has 26 heavy (non-hydrogen) atoms. The fourth-order valence-corrected chi connectivity index (χ4v) is 2.48. The van der Waals surface area contributed by atoms with Crippen LogP contribution in [-0.2, 0) is 9.59 Å². The standard InChI is InChI=1S/C18H18BrClN2O4/c1-11(25-15-7-3-5-13(19)9-15)17(23)21-22-18(24)12(2)26-16-8-4-6-14(20)10-16/h3-12H,1-2H3,(H,21,23)(H,22,24). The van der Waals surface area contributed by atoms with Crippen LogP contribution in [0.3, 0.4) is 0 Å². The maximum atomic E-state index is 12.0. The van der Waals surface area contributed by atoms with E-state index in [-0.39, 0.29) is 0 Å². The van der Waals surface area contributed by atoms with Gasteiger partial charge in [0.2, 0.25) is 0 Å². The molecule has 0 aliphatic heterocycles. The average molecular weight is 442 g/mol. The van der Waals surface area contributed by atoms with Gasteiger partial charge >= 0.3 is 0 Å². The number of benzene rings is 2. The van der Waals surface area contributed by atoms with Crippen molar-refractivity contribution in [3.8, 4) is 11.5 Å². The van der Waals surface area contributed by atoms with Gasteiger partial charge in [-0.05, 0) is 50.2 Å². The summed E-state index contributed by atoms with van der Waals surface area (Å²) in [5, 5.41) is 0.502. The van der Waals surface area contributed by atoms with Crippen LogP contribution in [0.1, 0.15) is 13.8 Å². The Morgan fingerprint density at radius 1 is 0.923 bits per heavy atom. The molecule has 138 valence electrons. The van der Waals surface area contributed by atoms with E-state index in [9.17, 15) is 9.59 Å². The molecule has 2 aromatic rings. The third kappa shape index (κ3) is 6.24. The second kappa shape index (κ2) is 9.45. The zero-order chi connectivity index (χ0) is 19.1. The summed E-state index contributed by atoms with van der Waals surface area (Å²) >= 11 is 9.19. The first-order chi connectivity index (χ1) is 12.3. The molecule has 0 spiro atoms. The van der Waals surface area contributed by atoms with E-state index in [2.05, 4.69) is 26.8 Å². The van der Waals surface area contributed by atoms with Crippen LogP contribution in [0.2, 0.25) is 5.02 Å². The third-order valence-electron chi connectivity index (χ3n) is 3.27. The largest absolute Gasteiger partial charge is 0.481 e. The summed E-state index contributed by atoms with van der Waals surface area (Å²) in [5.41, 5.74) is 4.62. The number of hydrazine groups is 1. The van der Waals surface area contributed by atoms with Crippen molar-refractivity contribution in [2.24, 2.45) is 0 Å². The minimum atomic E-state index is -0.824. The highest BCUT2D eigenvalue weighted by Crippen LogP contribution is 2.19. The van der Waals surface area contributed by atoms with Crippen LogP contribution < -0.4 is 20.3 Å². The van der Waals surface area contributed by atoms with Crippen LogP contribution in [0.25, 0.3) is 0 Å². The Morgan fingerprint density at radius 2 is 1.42 bits per heavy atom. The number of carbonyl (C=O) groups is 2. The van der Waals surface area contributed by atoms with E-state index in [4.69, 9.17) is 21.1 Å². The monoisotopic (exact) mass is 440 g/mol. The van der Waals surface area contributed by atoms with Gasteiger partial charge in [-0.2, -0.15) is 0 Å². The van der Waals surface area contributed by atoms with E-state index in [1.54, 1.807) is 56.3 Å². The first kappa shape index (κ1) is 20.1. The molecule has 2 amide bonds.